The van der Waals surface area contributed by atoms with E-state index in [1.807, 2.05) is 30.3 Å². The van der Waals surface area contributed by atoms with Gasteiger partial charge >= 0.3 is 5.97 Å². The van der Waals surface area contributed by atoms with Gasteiger partial charge in [0.1, 0.15) is 11.5 Å². The lowest BCUT2D eigenvalue weighted by Gasteiger charge is -2.13. The maximum atomic E-state index is 10.7. The summed E-state index contributed by atoms with van der Waals surface area (Å²) in [7, 11) is 0. The highest BCUT2D eigenvalue weighted by molar-refractivity contribution is 6.39. The predicted molar refractivity (Wildman–Crippen MR) is 74.2 cm³/mol. The van der Waals surface area contributed by atoms with E-state index in [1.54, 1.807) is 0 Å². The molecule has 1 saturated carbocycles. The number of hydrogen-bond acceptors (Lipinski definition) is 4. The van der Waals surface area contributed by atoms with Gasteiger partial charge < -0.3 is 15.7 Å². The number of rotatable bonds is 7. The fraction of sp³-hybridized carbons (Fsp3) is 0.286. The van der Waals surface area contributed by atoms with Crippen LogP contribution in [0, 0.1) is 11.3 Å². The smallest absolute Gasteiger partial charge is 0.353 e. The fourth-order valence-electron chi connectivity index (χ4n) is 1.59. The zero-order valence-corrected chi connectivity index (χ0v) is 10.5. The van der Waals surface area contributed by atoms with E-state index < -0.39 is 11.7 Å². The van der Waals surface area contributed by atoms with Crippen molar-refractivity contribution in [2.24, 2.45) is 5.92 Å². The van der Waals surface area contributed by atoms with Gasteiger partial charge in [-0.15, -0.1) is 0 Å². The van der Waals surface area contributed by atoms with E-state index >= 15 is 0 Å². The van der Waals surface area contributed by atoms with Crippen LogP contribution in [0.3, 0.4) is 0 Å². The lowest BCUT2D eigenvalue weighted by atomic mass is 10.3. The van der Waals surface area contributed by atoms with Gasteiger partial charge in [-0.2, -0.15) is 0 Å². The third-order valence-corrected chi connectivity index (χ3v) is 2.85. The molecule has 0 atom stereocenters. The Morgan fingerprint density at radius 3 is 2.63 bits per heavy atom. The molecule has 100 valence electrons. The van der Waals surface area contributed by atoms with Crippen LogP contribution in [-0.2, 0) is 4.79 Å². The summed E-state index contributed by atoms with van der Waals surface area (Å²) in [5.41, 5.74) is 0.414. The van der Waals surface area contributed by atoms with Gasteiger partial charge in [-0.1, -0.05) is 18.2 Å². The average Bonchev–Trinajstić information content (AvgIpc) is 3.21. The van der Waals surface area contributed by atoms with E-state index in [1.165, 1.54) is 18.9 Å². The molecule has 0 aromatic heterocycles. The molecule has 1 aromatic rings. The van der Waals surface area contributed by atoms with E-state index in [-0.39, 0.29) is 0 Å². The van der Waals surface area contributed by atoms with Crippen LogP contribution in [0.25, 0.3) is 0 Å². The van der Waals surface area contributed by atoms with Crippen LogP contribution in [0.4, 0.5) is 5.69 Å². The fourth-order valence-corrected chi connectivity index (χ4v) is 1.59. The normalized spacial score (nSPS) is 14.8. The van der Waals surface area contributed by atoms with Crippen LogP contribution in [-0.4, -0.2) is 23.3 Å². The summed E-state index contributed by atoms with van der Waals surface area (Å²) < 4.78 is 0. The van der Waals surface area contributed by atoms with Crippen molar-refractivity contribution in [3.05, 3.63) is 42.2 Å². The second-order valence-electron chi connectivity index (χ2n) is 4.59. The highest BCUT2D eigenvalue weighted by atomic mass is 16.4. The third kappa shape index (κ3) is 4.46. The van der Waals surface area contributed by atoms with Crippen molar-refractivity contribution in [2.45, 2.75) is 12.8 Å². The second kappa shape index (κ2) is 6.04. The summed E-state index contributed by atoms with van der Waals surface area (Å²) in [6, 6.07) is 9.46. The quantitative estimate of drug-likeness (QED) is 0.564. The lowest BCUT2D eigenvalue weighted by Crippen LogP contribution is -2.24. The standard InChI is InChI=1S/C14H17N3O2/c15-12(14(18)19)8-13(16-9-10-6-7-10)17-11-4-2-1-3-5-11/h1-5,8,10,15-17H,6-7,9H2,(H,18,19)/b13-8-,15-12?. The molecule has 1 aromatic carbocycles. The van der Waals surface area contributed by atoms with Gasteiger partial charge in [0.05, 0.1) is 0 Å². The number of aliphatic carboxylic acids is 1. The molecular formula is C14H17N3O2. The summed E-state index contributed by atoms with van der Waals surface area (Å²) in [5.74, 6) is -0.0222. The Balaban J connectivity index is 2.04. The SMILES string of the molecule is N=C(/C=C(/NCC1CC1)Nc1ccccc1)C(=O)O. The number of nitrogens with one attached hydrogen (secondary N) is 3. The van der Waals surface area contributed by atoms with Crippen LogP contribution in [0.5, 0.6) is 0 Å². The molecule has 5 nitrogen and oxygen atoms in total. The lowest BCUT2D eigenvalue weighted by molar-refractivity contribution is -0.129. The van der Waals surface area contributed by atoms with Crippen molar-refractivity contribution < 1.29 is 9.90 Å². The number of carbonyl (C=O) groups is 1. The van der Waals surface area contributed by atoms with Gasteiger partial charge in [0.25, 0.3) is 0 Å². The zero-order valence-electron chi connectivity index (χ0n) is 10.5. The second-order valence-corrected chi connectivity index (χ2v) is 4.59. The number of anilines is 1. The molecule has 0 saturated heterocycles. The molecule has 4 N–H and O–H groups in total. The maximum absolute atomic E-state index is 10.7. The zero-order chi connectivity index (χ0) is 13.7. The van der Waals surface area contributed by atoms with Crippen LogP contribution in [0.1, 0.15) is 12.8 Å². The van der Waals surface area contributed by atoms with Crippen molar-refractivity contribution in [3.63, 3.8) is 0 Å². The Bertz CT molecular complexity index is 493. The highest BCUT2D eigenvalue weighted by Gasteiger charge is 2.21. The molecule has 0 spiro atoms. The number of carboxylic acid groups (broad SMARTS) is 1. The molecule has 0 aliphatic heterocycles. The summed E-state index contributed by atoms with van der Waals surface area (Å²) in [6.07, 6.45) is 3.72. The van der Waals surface area contributed by atoms with E-state index in [2.05, 4.69) is 10.6 Å². The molecule has 0 heterocycles. The van der Waals surface area contributed by atoms with E-state index in [0.29, 0.717) is 11.7 Å². The molecule has 2 rings (SSSR count). The molecular weight excluding hydrogens is 242 g/mol. The minimum absolute atomic E-state index is 0.443. The number of benzene rings is 1. The summed E-state index contributed by atoms with van der Waals surface area (Å²) >= 11 is 0. The minimum Gasteiger partial charge on any atom is -0.477 e. The Kier molecular flexibility index (Phi) is 4.18. The van der Waals surface area contributed by atoms with Crippen molar-refractivity contribution in [1.29, 1.82) is 5.41 Å². The molecule has 0 bridgehead atoms. The van der Waals surface area contributed by atoms with E-state index in [9.17, 15) is 4.79 Å². The van der Waals surface area contributed by atoms with Crippen LogP contribution in [0.2, 0.25) is 0 Å². The number of hydrogen-bond donors (Lipinski definition) is 4. The number of para-hydroxylation sites is 1. The molecule has 1 fully saturated rings. The summed E-state index contributed by atoms with van der Waals surface area (Å²) in [5, 5.41) is 22.4. The van der Waals surface area contributed by atoms with Crippen molar-refractivity contribution in [3.8, 4) is 0 Å². The third-order valence-electron chi connectivity index (χ3n) is 2.85. The Hall–Kier alpha value is -2.30. The predicted octanol–water partition coefficient (Wildman–Crippen LogP) is 2.04. The van der Waals surface area contributed by atoms with Crippen LogP contribution in [0.15, 0.2) is 42.2 Å². The largest absolute Gasteiger partial charge is 0.477 e. The molecule has 0 amide bonds. The van der Waals surface area contributed by atoms with Gasteiger partial charge in [0.2, 0.25) is 0 Å². The van der Waals surface area contributed by atoms with Gasteiger partial charge in [-0.3, -0.25) is 5.41 Å². The summed E-state index contributed by atoms with van der Waals surface area (Å²) in [4.78, 5) is 10.7. The van der Waals surface area contributed by atoms with Crippen LogP contribution >= 0.6 is 0 Å². The van der Waals surface area contributed by atoms with Gasteiger partial charge in [0, 0.05) is 18.3 Å². The summed E-state index contributed by atoms with van der Waals surface area (Å²) in [6.45, 7) is 0.804. The van der Waals surface area contributed by atoms with Crippen molar-refractivity contribution >= 4 is 17.4 Å². The van der Waals surface area contributed by atoms with Gasteiger partial charge in [0.15, 0.2) is 0 Å². The highest BCUT2D eigenvalue weighted by Crippen LogP contribution is 2.27. The Morgan fingerprint density at radius 2 is 2.05 bits per heavy atom. The topological polar surface area (TPSA) is 85.2 Å². The molecule has 0 unspecified atom stereocenters. The molecule has 5 heteroatoms. The first-order valence-corrected chi connectivity index (χ1v) is 6.24. The maximum Gasteiger partial charge on any atom is 0.353 e. The van der Waals surface area contributed by atoms with Crippen molar-refractivity contribution in [2.75, 3.05) is 11.9 Å². The molecule has 0 radical (unpaired) electrons. The average molecular weight is 259 g/mol. The molecule has 1 aliphatic rings. The molecule has 1 aliphatic carbocycles. The van der Waals surface area contributed by atoms with E-state index in [4.69, 9.17) is 10.5 Å². The Labute approximate surface area is 111 Å². The number of carboxylic acids is 1. The van der Waals surface area contributed by atoms with Crippen molar-refractivity contribution in [1.82, 2.24) is 5.32 Å². The minimum atomic E-state index is -1.24. The first kappa shape index (κ1) is 13.1. The van der Waals surface area contributed by atoms with Gasteiger partial charge in [-0.25, -0.2) is 4.79 Å². The van der Waals surface area contributed by atoms with Gasteiger partial charge in [-0.05, 0) is 30.9 Å². The first-order chi connectivity index (χ1) is 9.15. The molecule has 19 heavy (non-hydrogen) atoms. The first-order valence-electron chi connectivity index (χ1n) is 6.24. The van der Waals surface area contributed by atoms with E-state index in [0.717, 1.165) is 12.2 Å². The monoisotopic (exact) mass is 259 g/mol. The van der Waals surface area contributed by atoms with Crippen LogP contribution < -0.4 is 10.6 Å². The Morgan fingerprint density at radius 1 is 1.37 bits per heavy atom.